The minimum absolute atomic E-state index is 0.0999. The lowest BCUT2D eigenvalue weighted by Gasteiger charge is -2.32. The van der Waals surface area contributed by atoms with Crippen LogP contribution in [0.4, 0.5) is 4.39 Å². The Bertz CT molecular complexity index is 688. The number of piperidine rings is 1. The molecule has 1 aliphatic heterocycles. The summed E-state index contributed by atoms with van der Waals surface area (Å²) in [6, 6.07) is 12.8. The second kappa shape index (κ2) is 9.69. The number of likely N-dealkylation sites (tertiary alicyclic amines) is 1. The van der Waals surface area contributed by atoms with E-state index >= 15 is 0 Å². The molecule has 1 fully saturated rings. The van der Waals surface area contributed by atoms with Gasteiger partial charge in [-0.1, -0.05) is 18.2 Å². The molecule has 0 atom stereocenters. The van der Waals surface area contributed by atoms with Crippen LogP contribution in [0, 0.1) is 5.82 Å². The highest BCUT2D eigenvalue weighted by molar-refractivity contribution is 7.99. The summed E-state index contributed by atoms with van der Waals surface area (Å²) in [5, 5.41) is 3.14. The minimum atomic E-state index is -0.198. The van der Waals surface area contributed by atoms with Gasteiger partial charge in [-0.25, -0.2) is 4.39 Å². The van der Waals surface area contributed by atoms with Gasteiger partial charge in [-0.2, -0.15) is 0 Å². The summed E-state index contributed by atoms with van der Waals surface area (Å²) in [7, 11) is 0. The van der Waals surface area contributed by atoms with E-state index in [0.717, 1.165) is 49.5 Å². The van der Waals surface area contributed by atoms with Crippen LogP contribution < -0.4 is 5.32 Å². The molecular formula is C20H24FN3OS. The highest BCUT2D eigenvalue weighted by Crippen LogP contribution is 2.15. The number of nitrogens with zero attached hydrogens (tertiary/aromatic N) is 2. The number of benzene rings is 1. The van der Waals surface area contributed by atoms with Gasteiger partial charge in [0.15, 0.2) is 0 Å². The van der Waals surface area contributed by atoms with Gasteiger partial charge in [0.1, 0.15) is 5.82 Å². The van der Waals surface area contributed by atoms with E-state index < -0.39 is 0 Å². The molecule has 0 bridgehead atoms. The van der Waals surface area contributed by atoms with Gasteiger partial charge in [0.25, 0.3) is 0 Å². The Balaban J connectivity index is 1.33. The van der Waals surface area contributed by atoms with Crippen LogP contribution in [0.2, 0.25) is 0 Å². The molecule has 0 saturated carbocycles. The van der Waals surface area contributed by atoms with Crippen LogP contribution in [0.1, 0.15) is 24.1 Å². The molecule has 1 amide bonds. The van der Waals surface area contributed by atoms with Gasteiger partial charge in [0, 0.05) is 37.6 Å². The number of carbonyl (C=O) groups is 1. The van der Waals surface area contributed by atoms with Crippen LogP contribution >= 0.6 is 11.8 Å². The van der Waals surface area contributed by atoms with Gasteiger partial charge < -0.3 is 5.32 Å². The van der Waals surface area contributed by atoms with E-state index in [0.29, 0.717) is 5.75 Å². The molecule has 1 N–H and O–H groups in total. The SMILES string of the molecule is O=C(CSCc1ccccn1)NC1CCN(Cc2ccc(F)cc2)CC1. The maximum absolute atomic E-state index is 13.0. The van der Waals surface area contributed by atoms with Crippen LogP contribution in [0.5, 0.6) is 0 Å². The quantitative estimate of drug-likeness (QED) is 0.809. The van der Waals surface area contributed by atoms with Gasteiger partial charge in [-0.3, -0.25) is 14.7 Å². The summed E-state index contributed by atoms with van der Waals surface area (Å²) in [5.41, 5.74) is 2.12. The lowest BCUT2D eigenvalue weighted by atomic mass is 10.0. The zero-order valence-electron chi connectivity index (χ0n) is 14.7. The molecule has 1 aromatic carbocycles. The van der Waals surface area contributed by atoms with Crippen molar-refractivity contribution >= 4 is 17.7 Å². The fourth-order valence-corrected chi connectivity index (χ4v) is 3.84. The predicted molar refractivity (Wildman–Crippen MR) is 103 cm³/mol. The smallest absolute Gasteiger partial charge is 0.230 e. The lowest BCUT2D eigenvalue weighted by molar-refractivity contribution is -0.119. The molecule has 3 rings (SSSR count). The fraction of sp³-hybridized carbons (Fsp3) is 0.400. The number of thioether (sulfide) groups is 1. The van der Waals surface area contributed by atoms with Crippen molar-refractivity contribution in [2.75, 3.05) is 18.8 Å². The molecule has 0 spiro atoms. The van der Waals surface area contributed by atoms with Crippen molar-refractivity contribution in [1.82, 2.24) is 15.2 Å². The Morgan fingerprint density at radius 3 is 2.65 bits per heavy atom. The summed E-state index contributed by atoms with van der Waals surface area (Å²) < 4.78 is 13.0. The van der Waals surface area contributed by atoms with E-state index in [4.69, 9.17) is 0 Å². The largest absolute Gasteiger partial charge is 0.353 e. The summed E-state index contributed by atoms with van der Waals surface area (Å²) in [6.45, 7) is 2.73. The van der Waals surface area contributed by atoms with E-state index in [1.807, 2.05) is 30.3 Å². The van der Waals surface area contributed by atoms with E-state index in [1.165, 1.54) is 12.1 Å². The second-order valence-corrected chi connectivity index (χ2v) is 7.54. The first-order valence-corrected chi connectivity index (χ1v) is 10.1. The van der Waals surface area contributed by atoms with E-state index in [1.54, 1.807) is 18.0 Å². The van der Waals surface area contributed by atoms with Crippen molar-refractivity contribution in [1.29, 1.82) is 0 Å². The summed E-state index contributed by atoms with van der Waals surface area (Å²) in [6.07, 6.45) is 3.69. The van der Waals surface area contributed by atoms with Crippen molar-refractivity contribution in [2.24, 2.45) is 0 Å². The lowest BCUT2D eigenvalue weighted by Crippen LogP contribution is -2.44. The Morgan fingerprint density at radius 2 is 1.96 bits per heavy atom. The summed E-state index contributed by atoms with van der Waals surface area (Å²) >= 11 is 1.59. The molecule has 1 aromatic heterocycles. The summed E-state index contributed by atoms with van der Waals surface area (Å²) in [5.74, 6) is 1.12. The molecule has 1 aliphatic rings. The number of carbonyl (C=O) groups excluding carboxylic acids is 1. The number of halogens is 1. The molecule has 6 heteroatoms. The van der Waals surface area contributed by atoms with Gasteiger partial charge in [0.05, 0.1) is 11.4 Å². The maximum atomic E-state index is 13.0. The first kappa shape index (κ1) is 18.9. The van der Waals surface area contributed by atoms with Crippen LogP contribution in [-0.2, 0) is 17.1 Å². The molecule has 26 heavy (non-hydrogen) atoms. The molecule has 1 saturated heterocycles. The standard InChI is InChI=1S/C20H24FN3OS/c21-17-6-4-16(5-7-17)13-24-11-8-18(9-12-24)23-20(25)15-26-14-19-3-1-2-10-22-19/h1-7,10,18H,8-9,11-15H2,(H,23,25). The van der Waals surface area contributed by atoms with Gasteiger partial charge in [-0.15, -0.1) is 11.8 Å². The Kier molecular flexibility index (Phi) is 7.03. The molecule has 0 aliphatic carbocycles. The normalized spacial score (nSPS) is 15.7. The monoisotopic (exact) mass is 373 g/mol. The van der Waals surface area contributed by atoms with Crippen molar-refractivity contribution in [3.8, 4) is 0 Å². The molecule has 138 valence electrons. The first-order valence-electron chi connectivity index (χ1n) is 8.93. The highest BCUT2D eigenvalue weighted by Gasteiger charge is 2.20. The van der Waals surface area contributed by atoms with Crippen molar-refractivity contribution < 1.29 is 9.18 Å². The van der Waals surface area contributed by atoms with Crippen molar-refractivity contribution in [3.05, 3.63) is 65.7 Å². The topological polar surface area (TPSA) is 45.2 Å². The zero-order valence-corrected chi connectivity index (χ0v) is 15.6. The van der Waals surface area contributed by atoms with Crippen molar-refractivity contribution in [3.63, 3.8) is 0 Å². The highest BCUT2D eigenvalue weighted by atomic mass is 32.2. The molecule has 0 unspecified atom stereocenters. The van der Waals surface area contributed by atoms with Gasteiger partial charge >= 0.3 is 0 Å². The van der Waals surface area contributed by atoms with Crippen LogP contribution in [0.3, 0.4) is 0 Å². The van der Waals surface area contributed by atoms with E-state index in [2.05, 4.69) is 15.2 Å². The van der Waals surface area contributed by atoms with Crippen LogP contribution in [0.15, 0.2) is 48.7 Å². The number of hydrogen-bond donors (Lipinski definition) is 1. The third kappa shape index (κ3) is 6.11. The molecule has 0 radical (unpaired) electrons. The molecule has 4 nitrogen and oxygen atoms in total. The first-order chi connectivity index (χ1) is 12.7. The summed E-state index contributed by atoms with van der Waals surface area (Å²) in [4.78, 5) is 18.7. The third-order valence-corrected chi connectivity index (χ3v) is 5.45. The average Bonchev–Trinajstić information content (AvgIpc) is 2.66. The van der Waals surface area contributed by atoms with Gasteiger partial charge in [-0.05, 0) is 42.7 Å². The molecule has 2 heterocycles. The van der Waals surface area contributed by atoms with Crippen LogP contribution in [0.25, 0.3) is 0 Å². The molecular weight excluding hydrogens is 349 g/mol. The van der Waals surface area contributed by atoms with Crippen molar-refractivity contribution in [2.45, 2.75) is 31.2 Å². The average molecular weight is 373 g/mol. The Labute approximate surface area is 158 Å². The van der Waals surface area contributed by atoms with E-state index in [9.17, 15) is 9.18 Å². The number of hydrogen-bond acceptors (Lipinski definition) is 4. The number of rotatable bonds is 7. The van der Waals surface area contributed by atoms with E-state index in [-0.39, 0.29) is 17.8 Å². The Hall–Kier alpha value is -1.92. The molecule has 2 aromatic rings. The zero-order chi connectivity index (χ0) is 18.2. The van der Waals surface area contributed by atoms with Crippen LogP contribution in [-0.4, -0.2) is 40.7 Å². The predicted octanol–water partition coefficient (Wildman–Crippen LogP) is 3.23. The fourth-order valence-electron chi connectivity index (χ4n) is 3.08. The second-order valence-electron chi connectivity index (χ2n) is 6.56. The maximum Gasteiger partial charge on any atom is 0.230 e. The Morgan fingerprint density at radius 1 is 1.19 bits per heavy atom. The number of amides is 1. The minimum Gasteiger partial charge on any atom is -0.353 e. The third-order valence-electron chi connectivity index (χ3n) is 4.48. The number of pyridine rings is 1. The van der Waals surface area contributed by atoms with Gasteiger partial charge in [0.2, 0.25) is 5.91 Å². The number of nitrogens with one attached hydrogen (secondary N) is 1. The number of aromatic nitrogens is 1.